The standard InChI is InChI=1S/C17H27NO3/c1-6-17(5,18-15(19)21-16(2,3)4)13-20-12-14-10-8-7-9-11-14/h7-11H,6,12-13H2,1-5H3,(H,18,19). The minimum absolute atomic E-state index is 0.407. The minimum Gasteiger partial charge on any atom is -0.444 e. The maximum Gasteiger partial charge on any atom is 0.408 e. The van der Waals surface area contributed by atoms with Crippen LogP contribution in [0.15, 0.2) is 30.3 Å². The van der Waals surface area contributed by atoms with Crippen molar-refractivity contribution in [3.63, 3.8) is 0 Å². The Bertz CT molecular complexity index is 439. The van der Waals surface area contributed by atoms with Gasteiger partial charge < -0.3 is 14.8 Å². The molecule has 0 spiro atoms. The molecule has 0 radical (unpaired) electrons. The molecule has 0 aromatic heterocycles. The van der Waals surface area contributed by atoms with Crippen LogP contribution < -0.4 is 5.32 Å². The molecule has 0 aliphatic carbocycles. The second kappa shape index (κ2) is 7.46. The van der Waals surface area contributed by atoms with Crippen molar-refractivity contribution in [2.75, 3.05) is 6.61 Å². The van der Waals surface area contributed by atoms with E-state index in [-0.39, 0.29) is 0 Å². The summed E-state index contributed by atoms with van der Waals surface area (Å²) in [6, 6.07) is 9.98. The third-order valence-electron chi connectivity index (χ3n) is 3.12. The molecule has 1 amide bonds. The Kier molecular flexibility index (Phi) is 6.21. The second-order valence-electron chi connectivity index (χ2n) is 6.52. The first-order valence-corrected chi connectivity index (χ1v) is 7.37. The van der Waals surface area contributed by atoms with Crippen LogP contribution in [0.2, 0.25) is 0 Å². The van der Waals surface area contributed by atoms with E-state index >= 15 is 0 Å². The van der Waals surface area contributed by atoms with E-state index in [2.05, 4.69) is 5.32 Å². The summed E-state index contributed by atoms with van der Waals surface area (Å²) in [6.45, 7) is 10.5. The summed E-state index contributed by atoms with van der Waals surface area (Å²) in [4.78, 5) is 11.9. The van der Waals surface area contributed by atoms with Crippen molar-refractivity contribution in [1.29, 1.82) is 0 Å². The first-order chi connectivity index (χ1) is 9.74. The van der Waals surface area contributed by atoms with Gasteiger partial charge in [0.1, 0.15) is 5.60 Å². The fraction of sp³-hybridized carbons (Fsp3) is 0.588. The molecule has 0 heterocycles. The van der Waals surface area contributed by atoms with E-state index in [0.717, 1.165) is 12.0 Å². The lowest BCUT2D eigenvalue weighted by Crippen LogP contribution is -2.50. The molecule has 1 rings (SSSR count). The normalized spacial score (nSPS) is 14.3. The Morgan fingerprint density at radius 1 is 1.14 bits per heavy atom. The zero-order valence-electron chi connectivity index (χ0n) is 13.7. The predicted octanol–water partition coefficient (Wildman–Crippen LogP) is 3.90. The van der Waals surface area contributed by atoms with Crippen LogP contribution in [0, 0.1) is 0 Å². The zero-order valence-corrected chi connectivity index (χ0v) is 13.7. The number of carbonyl (C=O) groups excluding carboxylic acids is 1. The number of hydrogen-bond acceptors (Lipinski definition) is 3. The van der Waals surface area contributed by atoms with Gasteiger partial charge in [0.05, 0.1) is 18.8 Å². The highest BCUT2D eigenvalue weighted by atomic mass is 16.6. The summed E-state index contributed by atoms with van der Waals surface area (Å²) in [7, 11) is 0. The van der Waals surface area contributed by atoms with Crippen molar-refractivity contribution in [1.82, 2.24) is 5.32 Å². The third kappa shape index (κ3) is 7.14. The lowest BCUT2D eigenvalue weighted by atomic mass is 10.0. The minimum atomic E-state index is -0.496. The maximum atomic E-state index is 11.9. The Hall–Kier alpha value is -1.55. The largest absolute Gasteiger partial charge is 0.444 e. The van der Waals surface area contributed by atoms with Crippen molar-refractivity contribution < 1.29 is 14.3 Å². The Balaban J connectivity index is 2.46. The number of ether oxygens (including phenoxy) is 2. The number of rotatable bonds is 6. The fourth-order valence-corrected chi connectivity index (χ4v) is 1.74. The highest BCUT2D eigenvalue weighted by Gasteiger charge is 2.27. The lowest BCUT2D eigenvalue weighted by Gasteiger charge is -2.31. The van der Waals surface area contributed by atoms with Gasteiger partial charge in [-0.1, -0.05) is 37.3 Å². The summed E-state index contributed by atoms with van der Waals surface area (Å²) in [5.74, 6) is 0. The average Bonchev–Trinajstić information content (AvgIpc) is 2.37. The summed E-state index contributed by atoms with van der Waals surface area (Å²) < 4.78 is 11.0. The van der Waals surface area contributed by atoms with Crippen LogP contribution in [0.5, 0.6) is 0 Å². The van der Waals surface area contributed by atoms with Gasteiger partial charge in [0.15, 0.2) is 0 Å². The monoisotopic (exact) mass is 293 g/mol. The second-order valence-corrected chi connectivity index (χ2v) is 6.52. The summed E-state index contributed by atoms with van der Waals surface area (Å²) >= 11 is 0. The molecule has 0 aliphatic heterocycles. The lowest BCUT2D eigenvalue weighted by molar-refractivity contribution is 0.0279. The van der Waals surface area contributed by atoms with Crippen LogP contribution >= 0.6 is 0 Å². The average molecular weight is 293 g/mol. The van der Waals surface area contributed by atoms with Crippen molar-refractivity contribution in [3.8, 4) is 0 Å². The van der Waals surface area contributed by atoms with E-state index in [1.54, 1.807) is 0 Å². The summed E-state index contributed by atoms with van der Waals surface area (Å²) in [5.41, 5.74) is 0.189. The van der Waals surface area contributed by atoms with E-state index in [0.29, 0.717) is 13.2 Å². The molecule has 0 fully saturated rings. The highest BCUT2D eigenvalue weighted by molar-refractivity contribution is 5.68. The first-order valence-electron chi connectivity index (χ1n) is 7.37. The van der Waals surface area contributed by atoms with Crippen LogP contribution in [0.1, 0.15) is 46.6 Å². The Morgan fingerprint density at radius 2 is 1.76 bits per heavy atom. The van der Waals surface area contributed by atoms with Gasteiger partial charge in [0, 0.05) is 0 Å². The highest BCUT2D eigenvalue weighted by Crippen LogP contribution is 2.14. The molecule has 1 atom stereocenters. The molecule has 118 valence electrons. The number of nitrogens with one attached hydrogen (secondary N) is 1. The number of hydrogen-bond donors (Lipinski definition) is 1. The van der Waals surface area contributed by atoms with Crippen molar-refractivity contribution in [2.24, 2.45) is 0 Å². The molecular formula is C17H27NO3. The van der Waals surface area contributed by atoms with Crippen LogP contribution in [0.25, 0.3) is 0 Å². The third-order valence-corrected chi connectivity index (χ3v) is 3.12. The summed E-state index contributed by atoms with van der Waals surface area (Å²) in [5, 5.41) is 2.90. The van der Waals surface area contributed by atoms with Gasteiger partial charge in [-0.15, -0.1) is 0 Å². The Morgan fingerprint density at radius 3 is 2.29 bits per heavy atom. The van der Waals surface area contributed by atoms with Crippen molar-refractivity contribution >= 4 is 6.09 Å². The molecule has 0 saturated carbocycles. The Labute approximate surface area is 127 Å². The van der Waals surface area contributed by atoms with Gasteiger partial charge in [-0.2, -0.15) is 0 Å². The van der Waals surface area contributed by atoms with Crippen molar-refractivity contribution in [2.45, 2.75) is 58.8 Å². The van der Waals surface area contributed by atoms with Crippen LogP contribution in [0.4, 0.5) is 4.79 Å². The van der Waals surface area contributed by atoms with Crippen LogP contribution in [-0.2, 0) is 16.1 Å². The number of benzene rings is 1. The van der Waals surface area contributed by atoms with Gasteiger partial charge in [-0.25, -0.2) is 4.79 Å². The molecule has 21 heavy (non-hydrogen) atoms. The van der Waals surface area contributed by atoms with Crippen LogP contribution in [-0.4, -0.2) is 23.8 Å². The van der Waals surface area contributed by atoms with E-state index in [4.69, 9.17) is 9.47 Å². The van der Waals surface area contributed by atoms with Gasteiger partial charge in [-0.05, 0) is 39.7 Å². The molecule has 4 heteroatoms. The first kappa shape index (κ1) is 17.5. The molecule has 1 aromatic carbocycles. The topological polar surface area (TPSA) is 47.6 Å². The van der Waals surface area contributed by atoms with E-state index < -0.39 is 17.2 Å². The van der Waals surface area contributed by atoms with E-state index in [1.807, 2.05) is 65.0 Å². The SMILES string of the molecule is CCC(C)(COCc1ccccc1)NC(=O)OC(C)(C)C. The number of amides is 1. The quantitative estimate of drug-likeness (QED) is 0.865. The summed E-state index contributed by atoms with van der Waals surface area (Å²) in [6.07, 6.45) is 0.358. The van der Waals surface area contributed by atoms with Gasteiger partial charge >= 0.3 is 6.09 Å². The van der Waals surface area contributed by atoms with E-state index in [9.17, 15) is 4.79 Å². The molecule has 1 aromatic rings. The van der Waals surface area contributed by atoms with Gasteiger partial charge in [0.2, 0.25) is 0 Å². The molecule has 0 aliphatic rings. The smallest absolute Gasteiger partial charge is 0.408 e. The number of alkyl carbamates (subject to hydrolysis) is 1. The molecule has 0 saturated heterocycles. The molecular weight excluding hydrogens is 266 g/mol. The van der Waals surface area contributed by atoms with E-state index in [1.165, 1.54) is 0 Å². The van der Waals surface area contributed by atoms with Gasteiger partial charge in [-0.3, -0.25) is 0 Å². The van der Waals surface area contributed by atoms with Gasteiger partial charge in [0.25, 0.3) is 0 Å². The molecule has 4 nitrogen and oxygen atoms in total. The van der Waals surface area contributed by atoms with Crippen molar-refractivity contribution in [3.05, 3.63) is 35.9 Å². The zero-order chi connectivity index (χ0) is 15.9. The molecule has 0 bridgehead atoms. The van der Waals surface area contributed by atoms with Crippen LogP contribution in [0.3, 0.4) is 0 Å². The maximum absolute atomic E-state index is 11.9. The fourth-order valence-electron chi connectivity index (χ4n) is 1.74. The molecule has 1 unspecified atom stereocenters. The molecule has 1 N–H and O–H groups in total. The number of carbonyl (C=O) groups is 1. The predicted molar refractivity (Wildman–Crippen MR) is 84.2 cm³/mol.